The standard InChI is InChI=1S/C13H15F3N2/c14-13(15,16)11-5-2-6-12(17-11)18-7-9-3-1-4-10(9)8-18/h2,5-6,9-10H,1,3-4,7-8H2/t9-,10+. The maximum Gasteiger partial charge on any atom is 0.433 e. The molecular formula is C13H15F3N2. The SMILES string of the molecule is FC(F)(F)c1cccc(N2C[C@H]3CCC[C@H]3C2)n1. The number of aromatic nitrogens is 1. The van der Waals surface area contributed by atoms with Crippen molar-refractivity contribution in [1.82, 2.24) is 4.98 Å². The summed E-state index contributed by atoms with van der Waals surface area (Å²) in [7, 11) is 0. The zero-order chi connectivity index (χ0) is 12.8. The molecule has 0 N–H and O–H groups in total. The van der Waals surface area contributed by atoms with Crippen LogP contribution in [0.25, 0.3) is 0 Å². The van der Waals surface area contributed by atoms with Gasteiger partial charge in [0.25, 0.3) is 0 Å². The maximum atomic E-state index is 12.6. The molecule has 0 radical (unpaired) electrons. The van der Waals surface area contributed by atoms with Crippen LogP contribution in [0.5, 0.6) is 0 Å². The normalized spacial score (nSPS) is 27.6. The molecule has 1 aliphatic carbocycles. The molecule has 18 heavy (non-hydrogen) atoms. The molecule has 2 fully saturated rings. The van der Waals surface area contributed by atoms with Crippen LogP contribution >= 0.6 is 0 Å². The van der Waals surface area contributed by atoms with E-state index in [1.165, 1.54) is 25.3 Å². The van der Waals surface area contributed by atoms with Gasteiger partial charge in [0.05, 0.1) is 0 Å². The van der Waals surface area contributed by atoms with Gasteiger partial charge >= 0.3 is 6.18 Å². The van der Waals surface area contributed by atoms with Crippen molar-refractivity contribution >= 4 is 5.82 Å². The molecule has 2 atom stereocenters. The molecule has 5 heteroatoms. The Bertz CT molecular complexity index is 432. The van der Waals surface area contributed by atoms with E-state index in [1.807, 2.05) is 4.90 Å². The lowest BCUT2D eigenvalue weighted by Gasteiger charge is -2.19. The van der Waals surface area contributed by atoms with E-state index in [-0.39, 0.29) is 0 Å². The Balaban J connectivity index is 1.81. The Morgan fingerprint density at radius 2 is 1.78 bits per heavy atom. The monoisotopic (exact) mass is 256 g/mol. The van der Waals surface area contributed by atoms with E-state index in [2.05, 4.69) is 4.98 Å². The van der Waals surface area contributed by atoms with E-state index in [4.69, 9.17) is 0 Å². The van der Waals surface area contributed by atoms with E-state index in [9.17, 15) is 13.2 Å². The van der Waals surface area contributed by atoms with Crippen molar-refractivity contribution in [2.75, 3.05) is 18.0 Å². The van der Waals surface area contributed by atoms with E-state index in [0.717, 1.165) is 19.2 Å². The van der Waals surface area contributed by atoms with Crippen LogP contribution in [0, 0.1) is 11.8 Å². The lowest BCUT2D eigenvalue weighted by atomic mass is 10.0. The van der Waals surface area contributed by atoms with Crippen LogP contribution in [-0.4, -0.2) is 18.1 Å². The van der Waals surface area contributed by atoms with Crippen molar-refractivity contribution in [2.45, 2.75) is 25.4 Å². The number of fused-ring (bicyclic) bond motifs is 1. The predicted molar refractivity (Wildman–Crippen MR) is 62.3 cm³/mol. The first-order valence-corrected chi connectivity index (χ1v) is 6.33. The number of anilines is 1. The number of rotatable bonds is 1. The third kappa shape index (κ3) is 2.06. The molecule has 2 nitrogen and oxygen atoms in total. The van der Waals surface area contributed by atoms with E-state index in [0.29, 0.717) is 17.7 Å². The highest BCUT2D eigenvalue weighted by atomic mass is 19.4. The Morgan fingerprint density at radius 3 is 2.39 bits per heavy atom. The van der Waals surface area contributed by atoms with Gasteiger partial charge in [-0.05, 0) is 36.8 Å². The summed E-state index contributed by atoms with van der Waals surface area (Å²) in [4.78, 5) is 5.76. The van der Waals surface area contributed by atoms with Crippen molar-refractivity contribution in [1.29, 1.82) is 0 Å². The largest absolute Gasteiger partial charge is 0.433 e. The van der Waals surface area contributed by atoms with E-state index in [1.54, 1.807) is 6.07 Å². The first-order valence-electron chi connectivity index (χ1n) is 6.33. The fraction of sp³-hybridized carbons (Fsp3) is 0.615. The Morgan fingerprint density at radius 1 is 1.11 bits per heavy atom. The van der Waals surface area contributed by atoms with E-state index >= 15 is 0 Å². The summed E-state index contributed by atoms with van der Waals surface area (Å²) in [6.45, 7) is 1.72. The number of hydrogen-bond acceptors (Lipinski definition) is 2. The van der Waals surface area contributed by atoms with Gasteiger partial charge < -0.3 is 4.90 Å². The average Bonchev–Trinajstić information content (AvgIpc) is 2.88. The van der Waals surface area contributed by atoms with Gasteiger partial charge in [0.1, 0.15) is 11.5 Å². The second kappa shape index (κ2) is 4.14. The maximum absolute atomic E-state index is 12.6. The smallest absolute Gasteiger partial charge is 0.356 e. The highest BCUT2D eigenvalue weighted by Crippen LogP contribution is 2.39. The first kappa shape index (κ1) is 11.8. The number of hydrogen-bond donors (Lipinski definition) is 0. The molecule has 0 aromatic carbocycles. The van der Waals surface area contributed by atoms with Gasteiger partial charge in [-0.2, -0.15) is 13.2 Å². The molecule has 2 aliphatic rings. The number of alkyl halides is 3. The molecule has 1 aromatic heterocycles. The topological polar surface area (TPSA) is 16.1 Å². The van der Waals surface area contributed by atoms with Crippen molar-refractivity contribution in [3.8, 4) is 0 Å². The van der Waals surface area contributed by atoms with Crippen LogP contribution in [0.3, 0.4) is 0 Å². The van der Waals surface area contributed by atoms with Gasteiger partial charge in [0.15, 0.2) is 0 Å². The van der Waals surface area contributed by atoms with Gasteiger partial charge in [-0.3, -0.25) is 0 Å². The Labute approximate surface area is 104 Å². The van der Waals surface area contributed by atoms with Crippen molar-refractivity contribution in [2.24, 2.45) is 11.8 Å². The molecular weight excluding hydrogens is 241 g/mol. The van der Waals surface area contributed by atoms with Gasteiger partial charge in [-0.25, -0.2) is 4.98 Å². The second-order valence-electron chi connectivity index (χ2n) is 5.23. The zero-order valence-corrected chi connectivity index (χ0v) is 9.95. The lowest BCUT2D eigenvalue weighted by Crippen LogP contribution is -2.23. The molecule has 0 bridgehead atoms. The minimum Gasteiger partial charge on any atom is -0.356 e. The number of pyridine rings is 1. The van der Waals surface area contributed by atoms with Crippen molar-refractivity contribution in [3.63, 3.8) is 0 Å². The molecule has 1 saturated carbocycles. The summed E-state index contributed by atoms with van der Waals surface area (Å²) in [6.07, 6.45) is -0.676. The van der Waals surface area contributed by atoms with Crippen LogP contribution in [0.15, 0.2) is 18.2 Å². The van der Waals surface area contributed by atoms with Crippen LogP contribution in [-0.2, 0) is 6.18 Å². The molecule has 1 aliphatic heterocycles. The molecule has 2 heterocycles. The summed E-state index contributed by atoms with van der Waals surface area (Å²) in [5.41, 5.74) is -0.794. The molecule has 98 valence electrons. The first-order chi connectivity index (χ1) is 8.54. The quantitative estimate of drug-likeness (QED) is 0.766. The molecule has 0 spiro atoms. The number of nitrogens with zero attached hydrogens (tertiary/aromatic N) is 2. The lowest BCUT2D eigenvalue weighted by molar-refractivity contribution is -0.141. The van der Waals surface area contributed by atoms with Crippen LogP contribution < -0.4 is 4.90 Å². The fourth-order valence-electron chi connectivity index (χ4n) is 3.18. The minimum atomic E-state index is -4.36. The molecule has 1 saturated heterocycles. The predicted octanol–water partition coefficient (Wildman–Crippen LogP) is 3.34. The third-order valence-electron chi connectivity index (χ3n) is 4.08. The summed E-state index contributed by atoms with van der Waals surface area (Å²) in [5, 5.41) is 0. The van der Waals surface area contributed by atoms with Crippen LogP contribution in [0.4, 0.5) is 19.0 Å². The molecule has 0 amide bonds. The zero-order valence-electron chi connectivity index (χ0n) is 9.95. The molecule has 0 unspecified atom stereocenters. The Hall–Kier alpha value is -1.26. The fourth-order valence-corrected chi connectivity index (χ4v) is 3.18. The van der Waals surface area contributed by atoms with Crippen LogP contribution in [0.2, 0.25) is 0 Å². The summed E-state index contributed by atoms with van der Waals surface area (Å²) >= 11 is 0. The third-order valence-corrected chi connectivity index (χ3v) is 4.08. The van der Waals surface area contributed by atoms with E-state index < -0.39 is 11.9 Å². The Kier molecular flexibility index (Phi) is 2.72. The van der Waals surface area contributed by atoms with Gasteiger partial charge in [0.2, 0.25) is 0 Å². The van der Waals surface area contributed by atoms with Gasteiger partial charge in [0, 0.05) is 13.1 Å². The van der Waals surface area contributed by atoms with Crippen molar-refractivity contribution in [3.05, 3.63) is 23.9 Å². The minimum absolute atomic E-state index is 0.472. The highest BCUT2D eigenvalue weighted by molar-refractivity contribution is 5.41. The second-order valence-corrected chi connectivity index (χ2v) is 5.23. The highest BCUT2D eigenvalue weighted by Gasteiger charge is 2.38. The van der Waals surface area contributed by atoms with Crippen LogP contribution in [0.1, 0.15) is 25.0 Å². The van der Waals surface area contributed by atoms with Gasteiger partial charge in [-0.15, -0.1) is 0 Å². The summed E-state index contributed by atoms with van der Waals surface area (Å²) in [6, 6.07) is 4.15. The summed E-state index contributed by atoms with van der Waals surface area (Å²) in [5.74, 6) is 1.78. The van der Waals surface area contributed by atoms with Crippen molar-refractivity contribution < 1.29 is 13.2 Å². The molecule has 3 rings (SSSR count). The molecule has 1 aromatic rings. The number of halogens is 3. The summed E-state index contributed by atoms with van der Waals surface area (Å²) < 4.78 is 37.8. The van der Waals surface area contributed by atoms with Gasteiger partial charge in [-0.1, -0.05) is 12.5 Å². The average molecular weight is 256 g/mol.